The summed E-state index contributed by atoms with van der Waals surface area (Å²) in [7, 11) is 0. The Balaban J connectivity index is 1.57. The van der Waals surface area contributed by atoms with Crippen LogP contribution in [0.5, 0.6) is 0 Å². The molecular formula is C29H30. The van der Waals surface area contributed by atoms with Gasteiger partial charge in [-0.2, -0.15) is 0 Å². The van der Waals surface area contributed by atoms with Crippen molar-refractivity contribution in [1.82, 2.24) is 0 Å². The van der Waals surface area contributed by atoms with Crippen LogP contribution in [0.2, 0.25) is 0 Å². The number of hydrogen-bond acceptors (Lipinski definition) is 0. The molecule has 2 atom stereocenters. The molecule has 146 valence electrons. The Kier molecular flexibility index (Phi) is 5.81. The van der Waals surface area contributed by atoms with Gasteiger partial charge >= 0.3 is 0 Å². The van der Waals surface area contributed by atoms with E-state index >= 15 is 0 Å². The van der Waals surface area contributed by atoms with Crippen LogP contribution in [0.15, 0.2) is 114 Å². The first-order valence-corrected chi connectivity index (χ1v) is 10.8. The van der Waals surface area contributed by atoms with Crippen molar-refractivity contribution in [2.24, 2.45) is 5.92 Å². The number of allylic oxidation sites excluding steroid dienone is 9. The summed E-state index contributed by atoms with van der Waals surface area (Å²) in [5, 5.41) is 0. The molecule has 0 aromatic heterocycles. The predicted molar refractivity (Wildman–Crippen MR) is 126 cm³/mol. The first kappa shape index (κ1) is 19.5. The van der Waals surface area contributed by atoms with Gasteiger partial charge < -0.3 is 0 Å². The fraction of sp³-hybridized carbons (Fsp3) is 0.241. The molecule has 29 heavy (non-hydrogen) atoms. The van der Waals surface area contributed by atoms with Crippen molar-refractivity contribution in [2.75, 3.05) is 0 Å². The third-order valence-corrected chi connectivity index (χ3v) is 6.21. The topological polar surface area (TPSA) is 0 Å². The highest BCUT2D eigenvalue weighted by Gasteiger charge is 2.30. The molecule has 0 aliphatic heterocycles. The zero-order valence-corrected chi connectivity index (χ0v) is 17.6. The summed E-state index contributed by atoms with van der Waals surface area (Å²) >= 11 is 0. The van der Waals surface area contributed by atoms with Crippen LogP contribution in [-0.2, 0) is 0 Å². The average molecular weight is 379 g/mol. The Labute approximate surface area is 175 Å². The summed E-state index contributed by atoms with van der Waals surface area (Å²) in [6, 6.07) is 21.6. The summed E-state index contributed by atoms with van der Waals surface area (Å²) in [5.41, 5.74) is 9.75. The lowest BCUT2D eigenvalue weighted by molar-refractivity contribution is 0.724. The molecule has 0 saturated carbocycles. The van der Waals surface area contributed by atoms with Crippen LogP contribution in [-0.4, -0.2) is 0 Å². The molecular weight excluding hydrogens is 348 g/mol. The van der Waals surface area contributed by atoms with Crippen LogP contribution in [0.25, 0.3) is 5.57 Å². The summed E-state index contributed by atoms with van der Waals surface area (Å²) < 4.78 is 0. The molecule has 0 radical (unpaired) electrons. The maximum absolute atomic E-state index is 4.35. The Morgan fingerprint density at radius 2 is 1.59 bits per heavy atom. The fourth-order valence-corrected chi connectivity index (χ4v) is 4.67. The average Bonchev–Trinajstić information content (AvgIpc) is 3.36. The highest BCUT2D eigenvalue weighted by atomic mass is 14.3. The zero-order chi connectivity index (χ0) is 20.2. The molecule has 0 nitrogen and oxygen atoms in total. The van der Waals surface area contributed by atoms with Gasteiger partial charge in [-0.3, -0.25) is 0 Å². The largest absolute Gasteiger partial charge is 0.0952 e. The van der Waals surface area contributed by atoms with E-state index in [-0.39, 0.29) is 0 Å². The minimum atomic E-state index is 0.361. The van der Waals surface area contributed by atoms with Crippen molar-refractivity contribution < 1.29 is 0 Å². The molecule has 2 aliphatic carbocycles. The summed E-state index contributed by atoms with van der Waals surface area (Å²) in [4.78, 5) is 0. The summed E-state index contributed by atoms with van der Waals surface area (Å²) in [6.07, 6.45) is 12.8. The van der Waals surface area contributed by atoms with E-state index in [1.54, 1.807) is 0 Å². The smallest absolute Gasteiger partial charge is 0.0305 e. The number of rotatable bonds is 7. The van der Waals surface area contributed by atoms with Gasteiger partial charge in [0.25, 0.3) is 0 Å². The van der Waals surface area contributed by atoms with Crippen molar-refractivity contribution in [3.63, 3.8) is 0 Å². The first-order valence-electron chi connectivity index (χ1n) is 10.8. The lowest BCUT2D eigenvalue weighted by Gasteiger charge is -2.24. The van der Waals surface area contributed by atoms with Gasteiger partial charge in [0.15, 0.2) is 0 Å². The molecule has 2 aromatic rings. The lowest BCUT2D eigenvalue weighted by Crippen LogP contribution is -2.09. The second kappa shape index (κ2) is 8.66. The second-order valence-corrected chi connectivity index (χ2v) is 8.20. The third-order valence-electron chi connectivity index (χ3n) is 6.21. The van der Waals surface area contributed by atoms with E-state index in [4.69, 9.17) is 0 Å². The number of benzene rings is 2. The predicted octanol–water partition coefficient (Wildman–Crippen LogP) is 8.04. The zero-order valence-electron chi connectivity index (χ0n) is 17.6. The minimum Gasteiger partial charge on any atom is -0.0952 e. The molecule has 4 rings (SSSR count). The van der Waals surface area contributed by atoms with Crippen molar-refractivity contribution >= 4 is 5.57 Å². The molecule has 2 unspecified atom stereocenters. The van der Waals surface area contributed by atoms with Crippen LogP contribution < -0.4 is 0 Å². The van der Waals surface area contributed by atoms with Crippen LogP contribution in [0.1, 0.15) is 50.2 Å². The highest BCUT2D eigenvalue weighted by Crippen LogP contribution is 2.46. The van der Waals surface area contributed by atoms with Crippen LogP contribution in [0, 0.1) is 5.92 Å². The monoisotopic (exact) mass is 378 g/mol. The standard InChI is InChI=1S/C29H30/c1-4-23-19-21(2)20-28(23)27-18-17-26(29(27)25-13-9-6-10-14-25)16-15-22(3)24-11-7-5-8-12-24/h5-14,17-20,23,29H,3-4,15-16H2,1-2H3. The van der Waals surface area contributed by atoms with E-state index < -0.39 is 0 Å². The minimum absolute atomic E-state index is 0.361. The fourth-order valence-electron chi connectivity index (χ4n) is 4.67. The molecule has 0 amide bonds. The van der Waals surface area contributed by atoms with Gasteiger partial charge in [-0.15, -0.1) is 0 Å². The normalized spacial score (nSPS) is 20.8. The van der Waals surface area contributed by atoms with E-state index in [9.17, 15) is 0 Å². The van der Waals surface area contributed by atoms with Gasteiger partial charge in [0, 0.05) is 11.8 Å². The first-order chi connectivity index (χ1) is 14.2. The molecule has 0 fully saturated rings. The summed E-state index contributed by atoms with van der Waals surface area (Å²) in [6.45, 7) is 8.87. The second-order valence-electron chi connectivity index (χ2n) is 8.20. The molecule has 2 aliphatic rings. The Morgan fingerprint density at radius 1 is 0.897 bits per heavy atom. The Morgan fingerprint density at radius 3 is 2.28 bits per heavy atom. The Bertz CT molecular complexity index is 997. The van der Waals surface area contributed by atoms with Crippen molar-refractivity contribution in [1.29, 1.82) is 0 Å². The quantitative estimate of drug-likeness (QED) is 0.457. The van der Waals surface area contributed by atoms with E-state index in [0.717, 1.165) is 19.3 Å². The van der Waals surface area contributed by atoms with E-state index in [1.807, 2.05) is 0 Å². The van der Waals surface area contributed by atoms with Crippen molar-refractivity contribution in [2.45, 2.75) is 39.0 Å². The van der Waals surface area contributed by atoms with Gasteiger partial charge in [-0.1, -0.05) is 110 Å². The molecule has 0 spiro atoms. The van der Waals surface area contributed by atoms with Crippen LogP contribution >= 0.6 is 0 Å². The molecule has 0 N–H and O–H groups in total. The van der Waals surface area contributed by atoms with Crippen molar-refractivity contribution in [3.05, 3.63) is 125 Å². The molecule has 0 bridgehead atoms. The van der Waals surface area contributed by atoms with E-state index in [2.05, 4.69) is 105 Å². The SMILES string of the molecule is C=C(CCC1=CC=C(C2=CC(C)=CC2CC)C1c1ccccc1)c1ccccc1. The van der Waals surface area contributed by atoms with Crippen LogP contribution in [0.3, 0.4) is 0 Å². The van der Waals surface area contributed by atoms with Gasteiger partial charge in [-0.05, 0) is 54.0 Å². The van der Waals surface area contributed by atoms with Crippen molar-refractivity contribution in [3.8, 4) is 0 Å². The molecule has 2 aromatic carbocycles. The van der Waals surface area contributed by atoms with Crippen LogP contribution in [0.4, 0.5) is 0 Å². The van der Waals surface area contributed by atoms with Gasteiger partial charge in [0.1, 0.15) is 0 Å². The lowest BCUT2D eigenvalue weighted by atomic mass is 9.79. The molecule has 0 heteroatoms. The maximum atomic E-state index is 4.35. The van der Waals surface area contributed by atoms with Gasteiger partial charge in [-0.25, -0.2) is 0 Å². The molecule has 0 heterocycles. The van der Waals surface area contributed by atoms with E-state index in [0.29, 0.717) is 11.8 Å². The molecule has 0 saturated heterocycles. The maximum Gasteiger partial charge on any atom is 0.0305 e. The van der Waals surface area contributed by atoms with E-state index in [1.165, 1.54) is 39.0 Å². The number of hydrogen-bond donors (Lipinski definition) is 0. The summed E-state index contributed by atoms with van der Waals surface area (Å²) in [5.74, 6) is 0.902. The van der Waals surface area contributed by atoms with Gasteiger partial charge in [0.05, 0.1) is 0 Å². The van der Waals surface area contributed by atoms with Gasteiger partial charge in [0.2, 0.25) is 0 Å². The highest BCUT2D eigenvalue weighted by molar-refractivity contribution is 5.64. The Hall–Kier alpha value is -2.86. The third kappa shape index (κ3) is 4.12.